The Morgan fingerprint density at radius 3 is 3.00 bits per heavy atom. The van der Waals surface area contributed by atoms with Crippen LogP contribution in [0.3, 0.4) is 0 Å². The molecular formula is C11H11NS. The molecule has 1 nitrogen and oxygen atoms in total. The van der Waals surface area contributed by atoms with Crippen molar-refractivity contribution in [3.8, 4) is 0 Å². The van der Waals surface area contributed by atoms with Crippen molar-refractivity contribution < 1.29 is 0 Å². The lowest BCUT2D eigenvalue weighted by molar-refractivity contribution is 1.44. The second-order valence-electron chi connectivity index (χ2n) is 3.02. The van der Waals surface area contributed by atoms with Gasteiger partial charge >= 0.3 is 0 Å². The monoisotopic (exact) mass is 189 g/mol. The minimum absolute atomic E-state index is 1.09. The van der Waals surface area contributed by atoms with Gasteiger partial charge in [-0.1, -0.05) is 12.1 Å². The maximum Gasteiger partial charge on any atom is 0.117 e. The average molecular weight is 189 g/mol. The first-order chi connectivity index (χ1) is 6.29. The molecule has 0 bridgehead atoms. The van der Waals surface area contributed by atoms with Gasteiger partial charge in [0.1, 0.15) is 5.01 Å². The molecule has 1 aromatic heterocycles. The molecule has 0 amide bonds. The Morgan fingerprint density at radius 2 is 2.23 bits per heavy atom. The summed E-state index contributed by atoms with van der Waals surface area (Å²) in [5, 5.41) is 1.09. The van der Waals surface area contributed by atoms with E-state index in [1.807, 2.05) is 19.1 Å². The zero-order chi connectivity index (χ0) is 9.26. The Morgan fingerprint density at radius 1 is 1.38 bits per heavy atom. The van der Waals surface area contributed by atoms with Gasteiger partial charge in [-0.25, -0.2) is 4.98 Å². The highest BCUT2D eigenvalue weighted by molar-refractivity contribution is 7.19. The Balaban J connectivity index is 2.62. The van der Waals surface area contributed by atoms with Gasteiger partial charge in [0, 0.05) is 0 Å². The summed E-state index contributed by atoms with van der Waals surface area (Å²) in [5.41, 5.74) is 2.40. The topological polar surface area (TPSA) is 12.9 Å². The van der Waals surface area contributed by atoms with Crippen molar-refractivity contribution in [3.63, 3.8) is 0 Å². The number of fused-ring (bicyclic) bond motifs is 1. The van der Waals surface area contributed by atoms with Gasteiger partial charge in [-0.15, -0.1) is 11.3 Å². The highest BCUT2D eigenvalue weighted by atomic mass is 32.1. The lowest BCUT2D eigenvalue weighted by Gasteiger charge is -1.88. The molecule has 0 atom stereocenters. The van der Waals surface area contributed by atoms with Crippen LogP contribution in [0.5, 0.6) is 0 Å². The lowest BCUT2D eigenvalue weighted by Crippen LogP contribution is -1.70. The number of benzene rings is 1. The molecule has 2 aromatic rings. The van der Waals surface area contributed by atoms with Crippen LogP contribution in [0, 0.1) is 6.92 Å². The van der Waals surface area contributed by atoms with Gasteiger partial charge in [0.05, 0.1) is 10.2 Å². The predicted molar refractivity (Wildman–Crippen MR) is 59.1 cm³/mol. The van der Waals surface area contributed by atoms with Gasteiger partial charge in [-0.2, -0.15) is 0 Å². The summed E-state index contributed by atoms with van der Waals surface area (Å²) in [6.07, 6.45) is 4.06. The number of hydrogen-bond acceptors (Lipinski definition) is 2. The first-order valence-electron chi connectivity index (χ1n) is 4.29. The van der Waals surface area contributed by atoms with Crippen LogP contribution < -0.4 is 0 Å². The van der Waals surface area contributed by atoms with Crippen LogP contribution >= 0.6 is 11.3 Å². The van der Waals surface area contributed by atoms with Crippen molar-refractivity contribution in [2.45, 2.75) is 13.8 Å². The molecule has 0 saturated carbocycles. The van der Waals surface area contributed by atoms with Crippen LogP contribution in [0.2, 0.25) is 0 Å². The predicted octanol–water partition coefficient (Wildman–Crippen LogP) is 3.64. The third kappa shape index (κ3) is 1.63. The fraction of sp³-hybridized carbons (Fsp3) is 0.182. The highest BCUT2D eigenvalue weighted by Crippen LogP contribution is 2.23. The quantitative estimate of drug-likeness (QED) is 0.667. The maximum absolute atomic E-state index is 4.48. The third-order valence-corrected chi connectivity index (χ3v) is 2.85. The van der Waals surface area contributed by atoms with Crippen molar-refractivity contribution >= 4 is 27.6 Å². The van der Waals surface area contributed by atoms with Gasteiger partial charge in [0.2, 0.25) is 0 Å². The van der Waals surface area contributed by atoms with Gasteiger partial charge in [-0.05, 0) is 37.6 Å². The van der Waals surface area contributed by atoms with Crippen molar-refractivity contribution in [3.05, 3.63) is 34.8 Å². The number of nitrogens with zero attached hydrogens (tertiary/aromatic N) is 1. The number of thiazole rings is 1. The zero-order valence-corrected chi connectivity index (χ0v) is 8.56. The van der Waals surface area contributed by atoms with Crippen LogP contribution in [0.4, 0.5) is 0 Å². The van der Waals surface area contributed by atoms with Crippen molar-refractivity contribution in [1.29, 1.82) is 0 Å². The summed E-state index contributed by atoms with van der Waals surface area (Å²) in [6.45, 7) is 4.12. The molecule has 2 heteroatoms. The Kier molecular flexibility index (Phi) is 2.15. The second kappa shape index (κ2) is 3.30. The van der Waals surface area contributed by atoms with E-state index in [1.54, 1.807) is 11.3 Å². The van der Waals surface area contributed by atoms with Crippen LogP contribution in [-0.2, 0) is 0 Å². The van der Waals surface area contributed by atoms with E-state index in [4.69, 9.17) is 0 Å². The molecule has 66 valence electrons. The number of hydrogen-bond donors (Lipinski definition) is 0. The van der Waals surface area contributed by atoms with Gasteiger partial charge < -0.3 is 0 Å². The van der Waals surface area contributed by atoms with E-state index in [0.29, 0.717) is 0 Å². The number of aryl methyl sites for hydroxylation is 1. The summed E-state index contributed by atoms with van der Waals surface area (Å²) in [7, 11) is 0. The minimum atomic E-state index is 1.09. The normalized spacial score (nSPS) is 11.5. The number of aromatic nitrogens is 1. The molecular weight excluding hydrogens is 178 g/mol. The van der Waals surface area contributed by atoms with E-state index < -0.39 is 0 Å². The lowest BCUT2D eigenvalue weighted by atomic mass is 10.2. The van der Waals surface area contributed by atoms with Crippen molar-refractivity contribution in [1.82, 2.24) is 4.98 Å². The molecule has 0 aliphatic rings. The molecule has 0 radical (unpaired) electrons. The average Bonchev–Trinajstić information content (AvgIpc) is 2.46. The molecule has 0 saturated heterocycles. The molecule has 2 rings (SSSR count). The minimum Gasteiger partial charge on any atom is -0.237 e. The Labute approximate surface area is 81.7 Å². The first kappa shape index (κ1) is 8.45. The number of allylic oxidation sites excluding steroid dienone is 1. The molecule has 13 heavy (non-hydrogen) atoms. The first-order valence-corrected chi connectivity index (χ1v) is 5.11. The largest absolute Gasteiger partial charge is 0.237 e. The molecule has 0 N–H and O–H groups in total. The third-order valence-electron chi connectivity index (χ3n) is 1.87. The Bertz CT molecular complexity index is 454. The second-order valence-corrected chi connectivity index (χ2v) is 4.09. The van der Waals surface area contributed by atoms with Crippen LogP contribution in [0.1, 0.15) is 17.5 Å². The summed E-state index contributed by atoms with van der Waals surface area (Å²) >= 11 is 1.74. The molecule has 1 aromatic carbocycles. The highest BCUT2D eigenvalue weighted by Gasteiger charge is 1.99. The van der Waals surface area contributed by atoms with Gasteiger partial charge in [0.15, 0.2) is 0 Å². The van der Waals surface area contributed by atoms with E-state index >= 15 is 0 Å². The number of rotatable bonds is 1. The van der Waals surface area contributed by atoms with Crippen molar-refractivity contribution in [2.24, 2.45) is 0 Å². The van der Waals surface area contributed by atoms with E-state index in [9.17, 15) is 0 Å². The summed E-state index contributed by atoms with van der Waals surface area (Å²) in [6, 6.07) is 6.36. The molecule has 0 aliphatic heterocycles. The summed E-state index contributed by atoms with van der Waals surface area (Å²) in [5.74, 6) is 0. The SMILES string of the molecule is C/C=C/c1nc2ccc(C)cc2s1. The Hall–Kier alpha value is -1.15. The molecule has 0 spiro atoms. The summed E-state index contributed by atoms with van der Waals surface area (Å²) in [4.78, 5) is 4.48. The van der Waals surface area contributed by atoms with Crippen LogP contribution in [0.25, 0.3) is 16.3 Å². The zero-order valence-electron chi connectivity index (χ0n) is 7.74. The van der Waals surface area contributed by atoms with Crippen molar-refractivity contribution in [2.75, 3.05) is 0 Å². The summed E-state index contributed by atoms with van der Waals surface area (Å²) < 4.78 is 1.27. The van der Waals surface area contributed by atoms with E-state index in [-0.39, 0.29) is 0 Å². The molecule has 0 fully saturated rings. The molecule has 0 unspecified atom stereocenters. The molecule has 0 aliphatic carbocycles. The van der Waals surface area contributed by atoms with Gasteiger partial charge in [0.25, 0.3) is 0 Å². The van der Waals surface area contributed by atoms with Crippen LogP contribution in [-0.4, -0.2) is 4.98 Å². The van der Waals surface area contributed by atoms with Crippen LogP contribution in [0.15, 0.2) is 24.3 Å². The smallest absolute Gasteiger partial charge is 0.117 e. The van der Waals surface area contributed by atoms with E-state index in [0.717, 1.165) is 10.5 Å². The fourth-order valence-corrected chi connectivity index (χ4v) is 2.30. The van der Waals surface area contributed by atoms with E-state index in [2.05, 4.69) is 30.1 Å². The molecule has 1 heterocycles. The van der Waals surface area contributed by atoms with Gasteiger partial charge in [-0.3, -0.25) is 0 Å². The van der Waals surface area contributed by atoms with E-state index in [1.165, 1.54) is 10.3 Å². The fourth-order valence-electron chi connectivity index (χ4n) is 1.26. The standard InChI is InChI=1S/C11H11NS/c1-3-4-11-12-9-6-5-8(2)7-10(9)13-11/h3-7H,1-2H3/b4-3+. The maximum atomic E-state index is 4.48.